The van der Waals surface area contributed by atoms with Gasteiger partial charge in [0.15, 0.2) is 0 Å². The maximum Gasteiger partial charge on any atom is 0.126 e. The molecule has 0 saturated heterocycles. The van der Waals surface area contributed by atoms with Gasteiger partial charge in [0.1, 0.15) is 5.82 Å². The molecule has 1 rings (SSSR count). The van der Waals surface area contributed by atoms with Crippen LogP contribution in [-0.2, 0) is 0 Å². The molecule has 0 aliphatic carbocycles. The number of benzene rings is 1. The fourth-order valence-electron chi connectivity index (χ4n) is 1.03. The molecule has 0 atom stereocenters. The highest BCUT2D eigenvalue weighted by atomic mass is 35.5. The Morgan fingerprint density at radius 3 is 2.86 bits per heavy atom. The van der Waals surface area contributed by atoms with Gasteiger partial charge in [-0.2, -0.15) is 0 Å². The van der Waals surface area contributed by atoms with E-state index in [1.807, 2.05) is 6.92 Å². The summed E-state index contributed by atoms with van der Waals surface area (Å²) in [5, 5.41) is 0. The number of nitrogen functional groups attached to an aromatic ring is 1. The van der Waals surface area contributed by atoms with Gasteiger partial charge < -0.3 is 5.73 Å². The topological polar surface area (TPSA) is 26.0 Å². The Morgan fingerprint density at radius 1 is 1.50 bits per heavy atom. The van der Waals surface area contributed by atoms with Crippen molar-refractivity contribution in [3.63, 3.8) is 0 Å². The van der Waals surface area contributed by atoms with Crippen LogP contribution < -0.4 is 5.73 Å². The molecule has 0 aliphatic rings. The minimum absolute atomic E-state index is 0.358. The van der Waals surface area contributed by atoms with Crippen molar-refractivity contribution in [2.24, 2.45) is 0 Å². The highest BCUT2D eigenvalue weighted by molar-refractivity contribution is 6.18. The van der Waals surface area contributed by atoms with E-state index in [2.05, 4.69) is 11.8 Å². The average molecular weight is 212 g/mol. The van der Waals surface area contributed by atoms with Crippen LogP contribution in [0.4, 0.5) is 10.1 Å². The van der Waals surface area contributed by atoms with E-state index in [0.29, 0.717) is 23.6 Å². The fraction of sp³-hybridized carbons (Fsp3) is 0.273. The van der Waals surface area contributed by atoms with Crippen LogP contribution in [0, 0.1) is 24.6 Å². The lowest BCUT2D eigenvalue weighted by Crippen LogP contribution is -1.94. The van der Waals surface area contributed by atoms with E-state index in [0.717, 1.165) is 5.56 Å². The van der Waals surface area contributed by atoms with E-state index in [4.69, 9.17) is 17.3 Å². The van der Waals surface area contributed by atoms with Crippen LogP contribution >= 0.6 is 11.6 Å². The first-order valence-electron chi connectivity index (χ1n) is 4.25. The van der Waals surface area contributed by atoms with Crippen LogP contribution in [0.2, 0.25) is 0 Å². The number of alkyl halides is 1. The molecule has 1 aromatic rings. The summed E-state index contributed by atoms with van der Waals surface area (Å²) in [5.74, 6) is 5.81. The van der Waals surface area contributed by atoms with Crippen LogP contribution in [-0.4, -0.2) is 5.88 Å². The monoisotopic (exact) mass is 211 g/mol. The number of halogens is 2. The highest BCUT2D eigenvalue weighted by Gasteiger charge is 2.01. The second-order valence-corrected chi connectivity index (χ2v) is 3.29. The molecule has 0 amide bonds. The predicted molar refractivity (Wildman–Crippen MR) is 57.8 cm³/mol. The van der Waals surface area contributed by atoms with Crippen molar-refractivity contribution in [1.29, 1.82) is 0 Å². The largest absolute Gasteiger partial charge is 0.398 e. The predicted octanol–water partition coefficient (Wildman–Crippen LogP) is 2.70. The summed E-state index contributed by atoms with van der Waals surface area (Å²) >= 11 is 5.47. The Labute approximate surface area is 88.1 Å². The van der Waals surface area contributed by atoms with Crippen molar-refractivity contribution in [1.82, 2.24) is 0 Å². The van der Waals surface area contributed by atoms with E-state index in [9.17, 15) is 4.39 Å². The summed E-state index contributed by atoms with van der Waals surface area (Å²) in [4.78, 5) is 0. The lowest BCUT2D eigenvalue weighted by molar-refractivity contribution is 0.627. The average Bonchev–Trinajstić information content (AvgIpc) is 2.13. The van der Waals surface area contributed by atoms with E-state index >= 15 is 0 Å². The highest BCUT2D eigenvalue weighted by Crippen LogP contribution is 2.17. The Balaban J connectivity index is 3.04. The molecular formula is C11H11ClFN. The Kier molecular flexibility index (Phi) is 3.79. The molecule has 1 aromatic carbocycles. The minimum atomic E-state index is -0.358. The molecular weight excluding hydrogens is 201 g/mol. The number of anilines is 1. The molecule has 0 fully saturated rings. The fourth-order valence-corrected chi connectivity index (χ4v) is 1.13. The van der Waals surface area contributed by atoms with E-state index in [1.54, 1.807) is 0 Å². The maximum absolute atomic E-state index is 12.9. The van der Waals surface area contributed by atoms with Crippen molar-refractivity contribution in [3.8, 4) is 11.8 Å². The van der Waals surface area contributed by atoms with Gasteiger partial charge in [0.25, 0.3) is 0 Å². The number of hydrogen-bond acceptors (Lipinski definition) is 1. The number of hydrogen-bond donors (Lipinski definition) is 1. The Hall–Kier alpha value is -1.20. The summed E-state index contributed by atoms with van der Waals surface area (Å²) in [6.07, 6.45) is 0.595. The molecule has 14 heavy (non-hydrogen) atoms. The summed E-state index contributed by atoms with van der Waals surface area (Å²) < 4.78 is 12.9. The van der Waals surface area contributed by atoms with Crippen molar-refractivity contribution < 1.29 is 4.39 Å². The second-order valence-electron chi connectivity index (χ2n) is 2.91. The zero-order chi connectivity index (χ0) is 10.6. The number of rotatable bonds is 1. The standard InChI is InChI=1S/C11H11ClFN/c1-8-9(4-2-3-5-12)6-10(13)7-11(8)14/h6-7H,3,5,14H2,1H3. The van der Waals surface area contributed by atoms with Gasteiger partial charge in [0.2, 0.25) is 0 Å². The Bertz CT molecular complexity index is 390. The smallest absolute Gasteiger partial charge is 0.126 e. The summed E-state index contributed by atoms with van der Waals surface area (Å²) in [7, 11) is 0. The van der Waals surface area contributed by atoms with Gasteiger partial charge in [0.05, 0.1) is 0 Å². The van der Waals surface area contributed by atoms with Gasteiger partial charge in [-0.3, -0.25) is 0 Å². The molecule has 0 spiro atoms. The molecule has 74 valence electrons. The van der Waals surface area contributed by atoms with Crippen molar-refractivity contribution >= 4 is 17.3 Å². The maximum atomic E-state index is 12.9. The minimum Gasteiger partial charge on any atom is -0.398 e. The molecule has 1 nitrogen and oxygen atoms in total. The molecule has 3 heteroatoms. The van der Waals surface area contributed by atoms with Gasteiger partial charge in [0, 0.05) is 23.6 Å². The van der Waals surface area contributed by atoms with Crippen LogP contribution in [0.5, 0.6) is 0 Å². The van der Waals surface area contributed by atoms with E-state index in [1.165, 1.54) is 12.1 Å². The lowest BCUT2D eigenvalue weighted by Gasteiger charge is -2.02. The summed E-state index contributed by atoms with van der Waals surface area (Å²) in [6, 6.07) is 2.68. The van der Waals surface area contributed by atoms with Gasteiger partial charge in [-0.25, -0.2) is 4.39 Å². The molecule has 0 bridgehead atoms. The van der Waals surface area contributed by atoms with E-state index < -0.39 is 0 Å². The summed E-state index contributed by atoms with van der Waals surface area (Å²) in [5.41, 5.74) is 7.47. The third-order valence-corrected chi connectivity index (χ3v) is 2.04. The van der Waals surface area contributed by atoms with Crippen molar-refractivity contribution in [2.75, 3.05) is 11.6 Å². The van der Waals surface area contributed by atoms with Gasteiger partial charge >= 0.3 is 0 Å². The molecule has 0 radical (unpaired) electrons. The SMILES string of the molecule is Cc1c(N)cc(F)cc1C#CCCCl. The normalized spacial score (nSPS) is 9.36. The number of nitrogens with two attached hydrogens (primary N) is 1. The van der Waals surface area contributed by atoms with Crippen molar-refractivity contribution in [2.45, 2.75) is 13.3 Å². The zero-order valence-corrected chi connectivity index (χ0v) is 8.66. The third kappa shape index (κ3) is 2.65. The first kappa shape index (κ1) is 10.9. The van der Waals surface area contributed by atoms with Crippen LogP contribution in [0.1, 0.15) is 17.5 Å². The molecule has 2 N–H and O–H groups in total. The molecule has 0 aliphatic heterocycles. The van der Waals surface area contributed by atoms with Crippen molar-refractivity contribution in [3.05, 3.63) is 29.1 Å². The first-order chi connectivity index (χ1) is 6.65. The molecule has 0 unspecified atom stereocenters. The molecule has 0 saturated carbocycles. The first-order valence-corrected chi connectivity index (χ1v) is 4.79. The quantitative estimate of drug-likeness (QED) is 0.432. The van der Waals surface area contributed by atoms with Crippen LogP contribution in [0.3, 0.4) is 0 Å². The molecule has 0 aromatic heterocycles. The van der Waals surface area contributed by atoms with Crippen LogP contribution in [0.25, 0.3) is 0 Å². The van der Waals surface area contributed by atoms with Gasteiger partial charge in [-0.05, 0) is 24.6 Å². The second kappa shape index (κ2) is 4.88. The summed E-state index contributed by atoms with van der Waals surface area (Å²) in [6.45, 7) is 1.82. The van der Waals surface area contributed by atoms with Gasteiger partial charge in [-0.1, -0.05) is 11.8 Å². The van der Waals surface area contributed by atoms with Gasteiger partial charge in [-0.15, -0.1) is 11.6 Å². The molecule has 0 heterocycles. The third-order valence-electron chi connectivity index (χ3n) is 1.86. The van der Waals surface area contributed by atoms with E-state index in [-0.39, 0.29) is 5.82 Å². The Morgan fingerprint density at radius 2 is 2.21 bits per heavy atom. The van der Waals surface area contributed by atoms with Crippen LogP contribution in [0.15, 0.2) is 12.1 Å². The lowest BCUT2D eigenvalue weighted by atomic mass is 10.1. The zero-order valence-electron chi connectivity index (χ0n) is 7.90.